The van der Waals surface area contributed by atoms with Crippen molar-refractivity contribution in [3.63, 3.8) is 0 Å². The largest absolute Gasteiger partial charge is 0.478 e. The Morgan fingerprint density at radius 1 is 1.11 bits per heavy atom. The summed E-state index contributed by atoms with van der Waals surface area (Å²) in [6, 6.07) is 9.24. The van der Waals surface area contributed by atoms with Crippen molar-refractivity contribution >= 4 is 23.2 Å². The number of Topliss-reactive ketones (excluding diaryl/α,β-unsaturated/α-hetero) is 1. The molecule has 2 aromatic rings. The summed E-state index contributed by atoms with van der Waals surface area (Å²) >= 11 is 0. The molecule has 0 amide bonds. The van der Waals surface area contributed by atoms with Crippen LogP contribution in [0.15, 0.2) is 58.8 Å². The smallest absolute Gasteiger partial charge is 0.336 e. The van der Waals surface area contributed by atoms with Gasteiger partial charge in [0.15, 0.2) is 5.78 Å². The maximum Gasteiger partial charge on any atom is 0.336 e. The Kier molecular flexibility index (Phi) is 7.67. The Morgan fingerprint density at radius 3 is 2.51 bits per heavy atom. The number of fused-ring (bicyclic) bond motifs is 2. The number of anilines is 1. The first-order valence-electron chi connectivity index (χ1n) is 13.1. The first-order valence-corrected chi connectivity index (χ1v) is 13.1. The molecule has 4 rings (SSSR count). The highest BCUT2D eigenvalue weighted by molar-refractivity contribution is 6.09. The highest BCUT2D eigenvalue weighted by Gasteiger charge is 2.39. The predicted octanol–water partition coefficient (Wildman–Crippen LogP) is 6.80. The number of carbonyl (C=O) groups excluding carboxylic acids is 1. The summed E-state index contributed by atoms with van der Waals surface area (Å²) < 4.78 is 6.46. The number of ketones is 1. The average molecular weight is 501 g/mol. The van der Waals surface area contributed by atoms with Crippen molar-refractivity contribution in [1.29, 1.82) is 0 Å². The zero-order valence-corrected chi connectivity index (χ0v) is 22.5. The molecule has 6 nitrogen and oxygen atoms in total. The number of carboxylic acids is 1. The van der Waals surface area contributed by atoms with Crippen LogP contribution in [0.5, 0.6) is 5.75 Å². The number of nitrogens with one attached hydrogen (secondary N) is 1. The van der Waals surface area contributed by atoms with Crippen molar-refractivity contribution < 1.29 is 19.4 Å². The molecule has 2 aromatic carbocycles. The second kappa shape index (κ2) is 10.8. The highest BCUT2D eigenvalue weighted by atomic mass is 16.5. The molecule has 0 radical (unpaired) electrons. The third kappa shape index (κ3) is 4.97. The number of carbonyl (C=O) groups is 2. The van der Waals surface area contributed by atoms with Crippen molar-refractivity contribution in [1.82, 2.24) is 0 Å². The van der Waals surface area contributed by atoms with Gasteiger partial charge < -0.3 is 15.2 Å². The molecular weight excluding hydrogens is 464 g/mol. The number of ether oxygens (including phenoxy) is 1. The molecular formula is C31H36N2O4. The topological polar surface area (TPSA) is 88.0 Å². The zero-order chi connectivity index (χ0) is 26.9. The molecule has 2 N–H and O–H groups in total. The van der Waals surface area contributed by atoms with Crippen molar-refractivity contribution in [3.05, 3.63) is 81.6 Å². The molecule has 1 aliphatic heterocycles. The number of hydrogen-bond acceptors (Lipinski definition) is 5. The molecule has 0 aromatic heterocycles. The van der Waals surface area contributed by atoms with Gasteiger partial charge in [0, 0.05) is 59.8 Å². The van der Waals surface area contributed by atoms with E-state index in [1.54, 1.807) is 12.1 Å². The summed E-state index contributed by atoms with van der Waals surface area (Å²) in [5, 5.41) is 13.7. The third-order valence-electron chi connectivity index (χ3n) is 7.38. The Morgan fingerprint density at radius 2 is 1.86 bits per heavy atom. The number of aromatic carboxylic acids is 1. The number of aliphatic imine (C=N–C) groups is 1. The summed E-state index contributed by atoms with van der Waals surface area (Å²) in [6.45, 7) is 13.4. The first-order chi connectivity index (χ1) is 17.7. The van der Waals surface area contributed by atoms with Crippen LogP contribution < -0.4 is 10.1 Å². The molecule has 2 aliphatic rings. The molecule has 37 heavy (non-hydrogen) atoms. The van der Waals surface area contributed by atoms with Gasteiger partial charge in [0.2, 0.25) is 0 Å². The molecule has 0 saturated heterocycles. The van der Waals surface area contributed by atoms with Crippen LogP contribution in [0.1, 0.15) is 84.4 Å². The second-order valence-corrected chi connectivity index (χ2v) is 9.88. The van der Waals surface area contributed by atoms with Crippen molar-refractivity contribution in [2.75, 3.05) is 18.4 Å². The van der Waals surface area contributed by atoms with E-state index < -0.39 is 5.97 Å². The van der Waals surface area contributed by atoms with E-state index in [-0.39, 0.29) is 29.1 Å². The van der Waals surface area contributed by atoms with Crippen LogP contribution in [0.25, 0.3) is 0 Å². The Bertz CT molecular complexity index is 1330. The lowest BCUT2D eigenvalue weighted by Gasteiger charge is -2.37. The van der Waals surface area contributed by atoms with Crippen LogP contribution in [0.4, 0.5) is 5.69 Å². The van der Waals surface area contributed by atoms with Crippen LogP contribution in [-0.2, 0) is 0 Å². The van der Waals surface area contributed by atoms with Crippen LogP contribution in [0.3, 0.4) is 0 Å². The molecule has 1 heterocycles. The summed E-state index contributed by atoms with van der Waals surface area (Å²) in [7, 11) is 0. The number of nitrogens with zero attached hydrogens (tertiary/aromatic N) is 1. The summed E-state index contributed by atoms with van der Waals surface area (Å²) in [4.78, 5) is 30.1. The van der Waals surface area contributed by atoms with Gasteiger partial charge in [-0.2, -0.15) is 0 Å². The number of aryl methyl sites for hydroxylation is 1. The standard InChI is InChI=1S/C31H36N2O4/c1-7-17(4)30(34)20-10-11-21(22(14-20)31(35)36)29-23-12-18(5)25(32-8-2)15-27(23)37-28-16-26(33-9-3)19(6)13-24(28)29/h10-17,23,29,33H,7-9H2,1-6H3,(H,35,36)/b32-25-. The van der Waals surface area contributed by atoms with E-state index in [2.05, 4.69) is 22.5 Å². The van der Waals surface area contributed by atoms with Crippen molar-refractivity contribution in [2.24, 2.45) is 16.8 Å². The lowest BCUT2D eigenvalue weighted by Crippen LogP contribution is -2.29. The van der Waals surface area contributed by atoms with E-state index in [1.165, 1.54) is 0 Å². The van der Waals surface area contributed by atoms with Gasteiger partial charge in [-0.3, -0.25) is 9.79 Å². The number of carboxylic acid groups (broad SMARTS) is 1. The number of allylic oxidation sites excluding steroid dienone is 3. The van der Waals surface area contributed by atoms with Crippen LogP contribution in [0, 0.1) is 18.8 Å². The summed E-state index contributed by atoms with van der Waals surface area (Å²) in [6.07, 6.45) is 4.81. The fourth-order valence-corrected chi connectivity index (χ4v) is 5.22. The fraction of sp³-hybridized carbons (Fsp3) is 0.387. The minimum atomic E-state index is -1.04. The second-order valence-electron chi connectivity index (χ2n) is 9.88. The lowest BCUT2D eigenvalue weighted by atomic mass is 9.72. The number of benzene rings is 2. The summed E-state index contributed by atoms with van der Waals surface area (Å²) in [5.41, 5.74) is 6.15. The molecule has 0 saturated carbocycles. The minimum absolute atomic E-state index is 0.0375. The van der Waals surface area contributed by atoms with Gasteiger partial charge in [-0.1, -0.05) is 32.1 Å². The van der Waals surface area contributed by atoms with Gasteiger partial charge in [0.05, 0.1) is 11.3 Å². The molecule has 6 heteroatoms. The quantitative estimate of drug-likeness (QED) is 0.389. The fourth-order valence-electron chi connectivity index (χ4n) is 5.22. The van der Waals surface area contributed by atoms with Gasteiger partial charge in [-0.25, -0.2) is 4.79 Å². The average Bonchev–Trinajstić information content (AvgIpc) is 2.88. The van der Waals surface area contributed by atoms with E-state index in [0.29, 0.717) is 29.8 Å². The van der Waals surface area contributed by atoms with E-state index in [0.717, 1.165) is 40.4 Å². The Balaban J connectivity index is 1.95. The van der Waals surface area contributed by atoms with Crippen LogP contribution in [-0.4, -0.2) is 35.7 Å². The highest BCUT2D eigenvalue weighted by Crippen LogP contribution is 2.50. The van der Waals surface area contributed by atoms with Gasteiger partial charge in [0.25, 0.3) is 0 Å². The third-order valence-corrected chi connectivity index (χ3v) is 7.38. The lowest BCUT2D eigenvalue weighted by molar-refractivity contribution is 0.0695. The molecule has 1 aliphatic carbocycles. The Labute approximate surface area is 219 Å². The van der Waals surface area contributed by atoms with Crippen LogP contribution in [0.2, 0.25) is 0 Å². The molecule has 3 unspecified atom stereocenters. The number of rotatable bonds is 8. The van der Waals surface area contributed by atoms with Crippen molar-refractivity contribution in [3.8, 4) is 5.75 Å². The monoisotopic (exact) mass is 500 g/mol. The molecule has 3 atom stereocenters. The van der Waals surface area contributed by atoms with Gasteiger partial charge >= 0.3 is 5.97 Å². The van der Waals surface area contributed by atoms with E-state index in [4.69, 9.17) is 4.74 Å². The number of hydrogen-bond donors (Lipinski definition) is 2. The Hall–Kier alpha value is -3.67. The van der Waals surface area contributed by atoms with E-state index in [9.17, 15) is 14.7 Å². The normalized spacial score (nSPS) is 20.2. The minimum Gasteiger partial charge on any atom is -0.478 e. The zero-order valence-electron chi connectivity index (χ0n) is 22.5. The molecule has 194 valence electrons. The molecule has 0 spiro atoms. The van der Waals surface area contributed by atoms with Crippen molar-refractivity contribution in [2.45, 2.75) is 53.9 Å². The maximum absolute atomic E-state index is 12.9. The van der Waals surface area contributed by atoms with E-state index >= 15 is 0 Å². The summed E-state index contributed by atoms with van der Waals surface area (Å²) in [5.74, 6) is -0.282. The first kappa shape index (κ1) is 26.4. The molecule has 0 bridgehead atoms. The SMILES string of the molecule is CC/N=C1/C=C2Oc3cc(NCC)c(C)cc3C(c3ccc(C(=O)C(C)CC)cc3C(=O)O)C2C=C1C. The van der Waals surface area contributed by atoms with Crippen LogP contribution >= 0.6 is 0 Å². The van der Waals surface area contributed by atoms with Gasteiger partial charge in [-0.05, 0) is 62.9 Å². The molecule has 0 fully saturated rings. The van der Waals surface area contributed by atoms with Gasteiger partial charge in [0.1, 0.15) is 11.5 Å². The van der Waals surface area contributed by atoms with Gasteiger partial charge in [-0.15, -0.1) is 0 Å². The van der Waals surface area contributed by atoms with E-state index in [1.807, 2.05) is 59.8 Å². The maximum atomic E-state index is 12.9. The predicted molar refractivity (Wildman–Crippen MR) is 148 cm³/mol.